The van der Waals surface area contributed by atoms with Gasteiger partial charge in [0.2, 0.25) is 0 Å². The van der Waals surface area contributed by atoms with Gasteiger partial charge in [0, 0.05) is 30.4 Å². The van der Waals surface area contributed by atoms with E-state index in [9.17, 15) is 4.79 Å². The Morgan fingerprint density at radius 1 is 1.33 bits per heavy atom. The van der Waals surface area contributed by atoms with E-state index in [1.54, 1.807) is 6.20 Å². The number of nitrogens with zero attached hydrogens (tertiary/aromatic N) is 5. The minimum atomic E-state index is -0.914. The van der Waals surface area contributed by atoms with E-state index in [4.69, 9.17) is 5.11 Å². The summed E-state index contributed by atoms with van der Waals surface area (Å²) in [5.74, 6) is -0.509. The summed E-state index contributed by atoms with van der Waals surface area (Å²) < 4.78 is 3.38. The molecule has 0 radical (unpaired) electrons. The van der Waals surface area contributed by atoms with Gasteiger partial charge in [-0.3, -0.25) is 9.48 Å². The number of carboxylic acids is 1. The lowest BCUT2D eigenvalue weighted by Crippen LogP contribution is -2.10. The molecule has 0 unspecified atom stereocenters. The molecule has 0 spiro atoms. The molecule has 1 fully saturated rings. The summed E-state index contributed by atoms with van der Waals surface area (Å²) in [4.78, 5) is 15.6. The normalized spacial score (nSPS) is 14.5. The number of hydrogen-bond acceptors (Lipinski definition) is 4. The molecule has 124 valence electrons. The van der Waals surface area contributed by atoms with Crippen LogP contribution in [-0.2, 0) is 18.4 Å². The molecule has 0 amide bonds. The topological polar surface area (TPSA) is 85.8 Å². The van der Waals surface area contributed by atoms with Crippen molar-refractivity contribution in [2.24, 2.45) is 7.05 Å². The Morgan fingerprint density at radius 3 is 2.67 bits per heavy atom. The second-order valence-electron chi connectivity index (χ2n) is 6.44. The molecule has 7 heteroatoms. The molecule has 0 bridgehead atoms. The van der Waals surface area contributed by atoms with Gasteiger partial charge >= 0.3 is 5.97 Å². The first-order chi connectivity index (χ1) is 11.5. The lowest BCUT2D eigenvalue weighted by Gasteiger charge is -2.06. The van der Waals surface area contributed by atoms with E-state index in [0.29, 0.717) is 11.6 Å². The van der Waals surface area contributed by atoms with Gasteiger partial charge in [0.05, 0.1) is 16.8 Å². The molecule has 1 aliphatic carbocycles. The van der Waals surface area contributed by atoms with Crippen LogP contribution in [0.3, 0.4) is 0 Å². The van der Waals surface area contributed by atoms with Crippen LogP contribution >= 0.6 is 0 Å². The van der Waals surface area contributed by atoms with E-state index in [1.165, 1.54) is 4.68 Å². The Kier molecular flexibility index (Phi) is 3.19. The van der Waals surface area contributed by atoms with Gasteiger partial charge in [0.25, 0.3) is 0 Å². The van der Waals surface area contributed by atoms with Crippen molar-refractivity contribution in [2.45, 2.75) is 39.2 Å². The number of hydrogen-bond donors (Lipinski definition) is 1. The molecule has 1 saturated carbocycles. The smallest absolute Gasteiger partial charge is 0.325 e. The summed E-state index contributed by atoms with van der Waals surface area (Å²) in [5, 5.41) is 19.2. The molecule has 0 saturated heterocycles. The van der Waals surface area contributed by atoms with E-state index >= 15 is 0 Å². The van der Waals surface area contributed by atoms with Crippen molar-refractivity contribution in [1.29, 1.82) is 0 Å². The molecule has 7 nitrogen and oxygen atoms in total. The van der Waals surface area contributed by atoms with E-state index in [-0.39, 0.29) is 6.54 Å². The van der Waals surface area contributed by atoms with Gasteiger partial charge < -0.3 is 5.11 Å². The zero-order valence-electron chi connectivity index (χ0n) is 13.9. The monoisotopic (exact) mass is 325 g/mol. The number of aromatic nitrogens is 5. The van der Waals surface area contributed by atoms with Crippen LogP contribution in [0.15, 0.2) is 12.3 Å². The highest BCUT2D eigenvalue weighted by Crippen LogP contribution is 2.45. The van der Waals surface area contributed by atoms with Gasteiger partial charge in [-0.25, -0.2) is 9.67 Å². The standard InChI is InChI=1S/C17H19N5O2/c1-9-14(10(2)21(3)19-9)12-6-7-18-17-15(12)16(11-4-5-11)20-22(17)8-13(23)24/h6-7,11H,4-5,8H2,1-3H3,(H,23,24). The van der Waals surface area contributed by atoms with Crippen molar-refractivity contribution >= 4 is 17.0 Å². The predicted molar refractivity (Wildman–Crippen MR) is 88.8 cm³/mol. The maximum Gasteiger partial charge on any atom is 0.325 e. The molecule has 3 aromatic rings. The summed E-state index contributed by atoms with van der Waals surface area (Å²) in [5.41, 5.74) is 5.77. The third kappa shape index (κ3) is 2.19. The average molecular weight is 325 g/mol. The van der Waals surface area contributed by atoms with E-state index in [0.717, 1.165) is 46.4 Å². The van der Waals surface area contributed by atoms with Crippen LogP contribution in [0.1, 0.15) is 35.8 Å². The van der Waals surface area contributed by atoms with Crippen LogP contribution in [0.5, 0.6) is 0 Å². The maximum atomic E-state index is 11.2. The molecule has 0 atom stereocenters. The molecular weight excluding hydrogens is 306 g/mol. The van der Waals surface area contributed by atoms with Crippen molar-refractivity contribution in [2.75, 3.05) is 0 Å². The summed E-state index contributed by atoms with van der Waals surface area (Å²) in [6.07, 6.45) is 3.91. The van der Waals surface area contributed by atoms with E-state index in [2.05, 4.69) is 15.2 Å². The van der Waals surface area contributed by atoms with Crippen molar-refractivity contribution in [3.05, 3.63) is 29.3 Å². The Hall–Kier alpha value is -2.70. The summed E-state index contributed by atoms with van der Waals surface area (Å²) in [6.45, 7) is 3.86. The molecule has 1 N–H and O–H groups in total. The fourth-order valence-electron chi connectivity index (χ4n) is 3.38. The minimum Gasteiger partial charge on any atom is -0.480 e. The third-order valence-electron chi connectivity index (χ3n) is 4.69. The second kappa shape index (κ2) is 5.15. The number of carboxylic acid groups (broad SMARTS) is 1. The number of rotatable bonds is 4. The van der Waals surface area contributed by atoms with E-state index in [1.807, 2.05) is 31.6 Å². The Bertz CT molecular complexity index is 965. The van der Waals surface area contributed by atoms with Gasteiger partial charge in [-0.1, -0.05) is 0 Å². The van der Waals surface area contributed by atoms with E-state index < -0.39 is 5.97 Å². The highest BCUT2D eigenvalue weighted by atomic mass is 16.4. The zero-order chi connectivity index (χ0) is 17.0. The van der Waals surface area contributed by atoms with Crippen molar-refractivity contribution in [3.63, 3.8) is 0 Å². The molecule has 0 aromatic carbocycles. The third-order valence-corrected chi connectivity index (χ3v) is 4.69. The molecular formula is C17H19N5O2. The number of aliphatic carboxylic acids is 1. The van der Waals surface area contributed by atoms with Gasteiger partial charge in [-0.15, -0.1) is 0 Å². The van der Waals surface area contributed by atoms with Crippen LogP contribution in [-0.4, -0.2) is 35.6 Å². The van der Waals surface area contributed by atoms with Gasteiger partial charge in [-0.2, -0.15) is 10.2 Å². The Labute approximate surface area is 138 Å². The fourth-order valence-corrected chi connectivity index (χ4v) is 3.38. The molecule has 0 aliphatic heterocycles. The zero-order valence-corrected chi connectivity index (χ0v) is 13.9. The number of aryl methyl sites for hydroxylation is 2. The highest BCUT2D eigenvalue weighted by molar-refractivity contribution is 5.96. The van der Waals surface area contributed by atoms with Crippen LogP contribution in [0.2, 0.25) is 0 Å². The number of fused-ring (bicyclic) bond motifs is 1. The van der Waals surface area contributed by atoms with Crippen LogP contribution in [0.4, 0.5) is 0 Å². The first-order valence-electron chi connectivity index (χ1n) is 8.05. The Balaban J connectivity index is 2.03. The van der Waals surface area contributed by atoms with Gasteiger partial charge in [0.1, 0.15) is 6.54 Å². The Morgan fingerprint density at radius 2 is 2.08 bits per heavy atom. The van der Waals surface area contributed by atoms with Crippen LogP contribution in [0, 0.1) is 13.8 Å². The van der Waals surface area contributed by atoms with Crippen molar-refractivity contribution in [3.8, 4) is 11.1 Å². The predicted octanol–water partition coefficient (Wildman–Crippen LogP) is 2.41. The van der Waals surface area contributed by atoms with Gasteiger partial charge in [-0.05, 0) is 38.3 Å². The van der Waals surface area contributed by atoms with Crippen molar-refractivity contribution in [1.82, 2.24) is 24.5 Å². The first kappa shape index (κ1) is 14.9. The van der Waals surface area contributed by atoms with Gasteiger partial charge in [0.15, 0.2) is 5.65 Å². The summed E-state index contributed by atoms with van der Waals surface area (Å²) in [7, 11) is 1.93. The number of pyridine rings is 1. The number of carbonyl (C=O) groups is 1. The van der Waals surface area contributed by atoms with Crippen LogP contribution < -0.4 is 0 Å². The highest BCUT2D eigenvalue weighted by Gasteiger charge is 2.32. The molecule has 3 heterocycles. The van der Waals surface area contributed by atoms with Crippen LogP contribution in [0.25, 0.3) is 22.2 Å². The minimum absolute atomic E-state index is 0.176. The largest absolute Gasteiger partial charge is 0.480 e. The average Bonchev–Trinajstić information content (AvgIpc) is 3.25. The molecule has 24 heavy (non-hydrogen) atoms. The maximum absolute atomic E-state index is 11.2. The quantitative estimate of drug-likeness (QED) is 0.796. The molecule has 3 aromatic heterocycles. The molecule has 1 aliphatic rings. The summed E-state index contributed by atoms with van der Waals surface area (Å²) >= 11 is 0. The fraction of sp³-hybridized carbons (Fsp3) is 0.412. The lowest BCUT2D eigenvalue weighted by atomic mass is 9.99. The first-order valence-corrected chi connectivity index (χ1v) is 8.05. The second-order valence-corrected chi connectivity index (χ2v) is 6.44. The van der Waals surface area contributed by atoms with Crippen molar-refractivity contribution < 1.29 is 9.90 Å². The molecule has 4 rings (SSSR count). The summed E-state index contributed by atoms with van der Waals surface area (Å²) in [6, 6.07) is 1.98. The lowest BCUT2D eigenvalue weighted by molar-refractivity contribution is -0.137. The SMILES string of the molecule is Cc1nn(C)c(C)c1-c1ccnc2c1c(C1CC1)nn2CC(=O)O.